The zero-order valence-electron chi connectivity index (χ0n) is 22.7. The van der Waals surface area contributed by atoms with Gasteiger partial charge in [-0.15, -0.1) is 0 Å². The second-order valence-corrected chi connectivity index (χ2v) is 9.56. The van der Waals surface area contributed by atoms with E-state index in [1.807, 2.05) is 34.6 Å². The third-order valence-electron chi connectivity index (χ3n) is 5.40. The highest BCUT2D eigenvalue weighted by Gasteiger charge is 2.26. The SMILES string of the molecule is CC[C@H](C)c1nc(C(=O)N(C)C)c(C(C)C)o1.CC[C@H](N)c1nc(C(=O)N(C)C)c(C(C)C)o1. The average Bonchev–Trinajstić information content (AvgIpc) is 3.42. The highest BCUT2D eigenvalue weighted by atomic mass is 16.4. The first-order valence-electron chi connectivity index (χ1n) is 12.0. The van der Waals surface area contributed by atoms with Crippen LogP contribution in [0.1, 0.15) is 129 Å². The van der Waals surface area contributed by atoms with Crippen LogP contribution in [-0.2, 0) is 0 Å². The number of nitrogens with zero attached hydrogens (tertiary/aromatic N) is 4. The molecule has 192 valence electrons. The summed E-state index contributed by atoms with van der Waals surface area (Å²) in [6.07, 6.45) is 1.68. The molecule has 0 aliphatic rings. The summed E-state index contributed by atoms with van der Waals surface area (Å²) < 4.78 is 11.4. The first kappa shape index (κ1) is 29.4. The Balaban J connectivity index is 0.000000340. The first-order chi connectivity index (χ1) is 15.8. The van der Waals surface area contributed by atoms with Gasteiger partial charge in [-0.05, 0) is 12.8 Å². The highest BCUT2D eigenvalue weighted by Crippen LogP contribution is 2.27. The van der Waals surface area contributed by atoms with Gasteiger partial charge < -0.3 is 24.4 Å². The van der Waals surface area contributed by atoms with Crippen molar-refractivity contribution in [1.29, 1.82) is 0 Å². The van der Waals surface area contributed by atoms with Crippen LogP contribution in [-0.4, -0.2) is 59.8 Å². The predicted octanol–water partition coefficient (Wildman–Crippen LogP) is 4.92. The Hall–Kier alpha value is -2.68. The van der Waals surface area contributed by atoms with Gasteiger partial charge in [0.15, 0.2) is 17.3 Å². The second-order valence-electron chi connectivity index (χ2n) is 9.56. The van der Waals surface area contributed by atoms with E-state index in [2.05, 4.69) is 23.8 Å². The number of nitrogens with two attached hydrogens (primary N) is 1. The fraction of sp³-hybridized carbons (Fsp3) is 0.680. The Labute approximate surface area is 204 Å². The van der Waals surface area contributed by atoms with Crippen LogP contribution in [0.25, 0.3) is 0 Å². The largest absolute Gasteiger partial charge is 0.444 e. The molecule has 0 saturated heterocycles. The summed E-state index contributed by atoms with van der Waals surface area (Å²) in [4.78, 5) is 35.6. The molecule has 0 aromatic carbocycles. The smallest absolute Gasteiger partial charge is 0.275 e. The summed E-state index contributed by atoms with van der Waals surface area (Å²) in [6, 6.07) is -0.254. The predicted molar refractivity (Wildman–Crippen MR) is 133 cm³/mol. The Morgan fingerprint density at radius 3 is 1.47 bits per heavy atom. The fourth-order valence-electron chi connectivity index (χ4n) is 2.93. The van der Waals surface area contributed by atoms with Crippen LogP contribution in [0.15, 0.2) is 8.83 Å². The molecule has 2 amide bonds. The van der Waals surface area contributed by atoms with Crippen LogP contribution < -0.4 is 5.73 Å². The van der Waals surface area contributed by atoms with Gasteiger partial charge in [-0.25, -0.2) is 9.97 Å². The van der Waals surface area contributed by atoms with Gasteiger partial charge in [-0.3, -0.25) is 9.59 Å². The third-order valence-corrected chi connectivity index (χ3v) is 5.40. The van der Waals surface area contributed by atoms with Crippen molar-refractivity contribution in [2.75, 3.05) is 28.2 Å². The van der Waals surface area contributed by atoms with Gasteiger partial charge in [-0.2, -0.15) is 0 Å². The Kier molecular flexibility index (Phi) is 11.0. The number of rotatable bonds is 8. The van der Waals surface area contributed by atoms with Gasteiger partial charge in [0.1, 0.15) is 11.5 Å². The quantitative estimate of drug-likeness (QED) is 0.573. The number of aromatic nitrogens is 2. The summed E-state index contributed by atoms with van der Waals surface area (Å²) in [5.41, 5.74) is 6.71. The minimum absolute atomic E-state index is 0.0907. The van der Waals surface area contributed by atoms with E-state index < -0.39 is 0 Å². The fourth-order valence-corrected chi connectivity index (χ4v) is 2.93. The lowest BCUT2D eigenvalue weighted by atomic mass is 10.1. The molecule has 0 fully saturated rings. The zero-order valence-corrected chi connectivity index (χ0v) is 22.7. The van der Waals surface area contributed by atoms with E-state index >= 15 is 0 Å². The molecule has 2 rings (SSSR count). The Bertz CT molecular complexity index is 867. The lowest BCUT2D eigenvalue weighted by Gasteiger charge is -2.09. The number of hydrogen-bond donors (Lipinski definition) is 1. The summed E-state index contributed by atoms with van der Waals surface area (Å²) in [7, 11) is 6.84. The molecule has 0 aliphatic heterocycles. The number of hydrogen-bond acceptors (Lipinski definition) is 7. The molecular weight excluding hydrogens is 434 g/mol. The van der Waals surface area contributed by atoms with E-state index in [0.717, 1.165) is 12.8 Å². The summed E-state index contributed by atoms with van der Waals surface area (Å²) in [6.45, 7) is 14.0. The number of carbonyl (C=O) groups is 2. The molecule has 0 spiro atoms. The Morgan fingerprint density at radius 1 is 0.765 bits per heavy atom. The van der Waals surface area contributed by atoms with Gasteiger partial charge in [0.2, 0.25) is 5.89 Å². The van der Waals surface area contributed by atoms with E-state index in [0.29, 0.717) is 34.7 Å². The molecule has 0 bridgehead atoms. The number of carbonyl (C=O) groups excluding carboxylic acids is 2. The molecule has 0 radical (unpaired) electrons. The molecule has 2 aromatic heterocycles. The Morgan fingerprint density at radius 2 is 1.15 bits per heavy atom. The lowest BCUT2D eigenvalue weighted by molar-refractivity contribution is 0.0812. The summed E-state index contributed by atoms with van der Waals surface area (Å²) >= 11 is 0. The topological polar surface area (TPSA) is 119 Å². The monoisotopic (exact) mass is 477 g/mol. The zero-order chi connectivity index (χ0) is 26.3. The van der Waals surface area contributed by atoms with Crippen molar-refractivity contribution in [2.24, 2.45) is 5.73 Å². The molecular formula is C25H43N5O4. The van der Waals surface area contributed by atoms with Crippen LogP contribution in [0.2, 0.25) is 0 Å². The van der Waals surface area contributed by atoms with Gasteiger partial charge in [0, 0.05) is 45.9 Å². The van der Waals surface area contributed by atoms with Crippen LogP contribution >= 0.6 is 0 Å². The summed E-state index contributed by atoms with van der Waals surface area (Å²) in [5, 5.41) is 0. The van der Waals surface area contributed by atoms with Crippen molar-refractivity contribution < 1.29 is 18.4 Å². The molecule has 2 N–H and O–H groups in total. The molecule has 0 aliphatic carbocycles. The van der Waals surface area contributed by atoms with Crippen molar-refractivity contribution in [3.63, 3.8) is 0 Å². The van der Waals surface area contributed by atoms with Gasteiger partial charge in [-0.1, -0.05) is 48.5 Å². The maximum Gasteiger partial charge on any atom is 0.275 e. The van der Waals surface area contributed by atoms with E-state index in [-0.39, 0.29) is 35.6 Å². The van der Waals surface area contributed by atoms with Crippen LogP contribution in [0.4, 0.5) is 0 Å². The molecule has 0 unspecified atom stereocenters. The van der Waals surface area contributed by atoms with Crippen LogP contribution in [0.3, 0.4) is 0 Å². The third kappa shape index (κ3) is 7.16. The van der Waals surface area contributed by atoms with Crippen molar-refractivity contribution in [2.45, 2.75) is 85.1 Å². The highest BCUT2D eigenvalue weighted by molar-refractivity contribution is 5.93. The van der Waals surface area contributed by atoms with Crippen LogP contribution in [0, 0.1) is 0 Å². The van der Waals surface area contributed by atoms with Gasteiger partial charge in [0.05, 0.1) is 6.04 Å². The normalized spacial score (nSPS) is 12.9. The standard InChI is InChI=1S/C13H22N2O2.C12H21N3O2/c1-7-9(4)12-14-10(13(16)15(5)6)11(17-12)8(2)3;1-6-8(13)11-14-9(12(16)15(4)5)10(17-11)7(2)3/h8-9H,7H2,1-6H3;7-8H,6,13H2,1-5H3/t9-;8-/m00/s1. The number of amides is 2. The van der Waals surface area contributed by atoms with Crippen LogP contribution in [0.5, 0.6) is 0 Å². The minimum Gasteiger partial charge on any atom is -0.444 e. The molecule has 2 atom stereocenters. The number of oxazole rings is 2. The van der Waals surface area contributed by atoms with Gasteiger partial charge in [0.25, 0.3) is 11.8 Å². The summed E-state index contributed by atoms with van der Waals surface area (Å²) in [5.74, 6) is 2.71. The first-order valence-corrected chi connectivity index (χ1v) is 12.0. The van der Waals surface area contributed by atoms with Crippen molar-refractivity contribution in [1.82, 2.24) is 19.8 Å². The van der Waals surface area contributed by atoms with E-state index in [1.54, 1.807) is 28.2 Å². The molecule has 34 heavy (non-hydrogen) atoms. The maximum atomic E-state index is 12.0. The van der Waals surface area contributed by atoms with E-state index in [1.165, 1.54) is 9.80 Å². The van der Waals surface area contributed by atoms with E-state index in [9.17, 15) is 9.59 Å². The van der Waals surface area contributed by atoms with Gasteiger partial charge >= 0.3 is 0 Å². The maximum absolute atomic E-state index is 12.0. The average molecular weight is 478 g/mol. The molecule has 2 heterocycles. The molecule has 2 aromatic rings. The molecule has 0 saturated carbocycles. The minimum atomic E-state index is -0.254. The molecule has 9 heteroatoms. The lowest BCUT2D eigenvalue weighted by Crippen LogP contribution is -2.23. The second kappa shape index (κ2) is 12.7. The van der Waals surface area contributed by atoms with E-state index in [4.69, 9.17) is 14.6 Å². The van der Waals surface area contributed by atoms with Crippen molar-refractivity contribution >= 4 is 11.8 Å². The van der Waals surface area contributed by atoms with Crippen molar-refractivity contribution in [3.05, 3.63) is 34.7 Å². The molecule has 9 nitrogen and oxygen atoms in total. The van der Waals surface area contributed by atoms with Crippen molar-refractivity contribution in [3.8, 4) is 0 Å².